The van der Waals surface area contributed by atoms with Gasteiger partial charge in [0.1, 0.15) is 5.82 Å². The SMILES string of the molecule is Cc1nccn1-c1cccc(CN=C=O)c1. The van der Waals surface area contributed by atoms with Crippen molar-refractivity contribution in [1.82, 2.24) is 9.55 Å². The average molecular weight is 213 g/mol. The van der Waals surface area contributed by atoms with Crippen LogP contribution in [0.3, 0.4) is 0 Å². The number of rotatable bonds is 3. The van der Waals surface area contributed by atoms with Gasteiger partial charge in [0.25, 0.3) is 0 Å². The van der Waals surface area contributed by atoms with E-state index in [1.54, 1.807) is 6.20 Å². The predicted octanol–water partition coefficient (Wildman–Crippen LogP) is 2.02. The highest BCUT2D eigenvalue weighted by Crippen LogP contribution is 2.12. The van der Waals surface area contributed by atoms with Crippen molar-refractivity contribution in [1.29, 1.82) is 0 Å². The third kappa shape index (κ3) is 2.07. The molecular weight excluding hydrogens is 202 g/mol. The summed E-state index contributed by atoms with van der Waals surface area (Å²) in [4.78, 5) is 17.8. The van der Waals surface area contributed by atoms with E-state index in [-0.39, 0.29) is 0 Å². The largest absolute Gasteiger partial charge is 0.304 e. The first-order valence-electron chi connectivity index (χ1n) is 4.94. The Labute approximate surface area is 93.3 Å². The molecule has 0 N–H and O–H groups in total. The topological polar surface area (TPSA) is 47.2 Å². The fourth-order valence-electron chi connectivity index (χ4n) is 1.58. The maximum atomic E-state index is 10.0. The molecule has 2 aromatic rings. The molecule has 4 heteroatoms. The van der Waals surface area contributed by atoms with Gasteiger partial charge in [0, 0.05) is 18.1 Å². The highest BCUT2D eigenvalue weighted by Gasteiger charge is 2.00. The van der Waals surface area contributed by atoms with E-state index in [9.17, 15) is 4.79 Å². The molecule has 0 fully saturated rings. The van der Waals surface area contributed by atoms with Gasteiger partial charge in [-0.3, -0.25) is 0 Å². The molecule has 80 valence electrons. The Balaban J connectivity index is 2.36. The third-order valence-electron chi connectivity index (χ3n) is 2.34. The number of benzene rings is 1. The quantitative estimate of drug-likeness (QED) is 0.578. The summed E-state index contributed by atoms with van der Waals surface area (Å²) >= 11 is 0. The van der Waals surface area contributed by atoms with E-state index in [4.69, 9.17) is 0 Å². The van der Waals surface area contributed by atoms with E-state index in [1.165, 1.54) is 6.08 Å². The molecule has 0 saturated carbocycles. The lowest BCUT2D eigenvalue weighted by molar-refractivity contribution is 0.563. The number of nitrogens with zero attached hydrogens (tertiary/aromatic N) is 3. The van der Waals surface area contributed by atoms with Gasteiger partial charge in [0.15, 0.2) is 0 Å². The molecule has 0 aliphatic heterocycles. The third-order valence-corrected chi connectivity index (χ3v) is 2.34. The summed E-state index contributed by atoms with van der Waals surface area (Å²) in [7, 11) is 0. The number of aliphatic imine (C=N–C) groups is 1. The Bertz CT molecular complexity index is 539. The first-order valence-corrected chi connectivity index (χ1v) is 4.94. The average Bonchev–Trinajstić information content (AvgIpc) is 2.73. The van der Waals surface area contributed by atoms with E-state index >= 15 is 0 Å². The van der Waals surface area contributed by atoms with Crippen LogP contribution in [0.2, 0.25) is 0 Å². The maximum Gasteiger partial charge on any atom is 0.235 e. The van der Waals surface area contributed by atoms with Gasteiger partial charge in [-0.25, -0.2) is 14.8 Å². The molecule has 4 nitrogen and oxygen atoms in total. The Morgan fingerprint density at radius 3 is 3.06 bits per heavy atom. The number of imidazole rings is 1. The van der Waals surface area contributed by atoms with Gasteiger partial charge in [-0.2, -0.15) is 0 Å². The molecule has 0 radical (unpaired) electrons. The first-order chi connectivity index (χ1) is 7.81. The van der Waals surface area contributed by atoms with Gasteiger partial charge in [-0.15, -0.1) is 0 Å². The van der Waals surface area contributed by atoms with Crippen LogP contribution in [-0.4, -0.2) is 15.6 Å². The number of aromatic nitrogens is 2. The smallest absolute Gasteiger partial charge is 0.235 e. The van der Waals surface area contributed by atoms with Gasteiger partial charge in [-0.05, 0) is 24.6 Å². The minimum absolute atomic E-state index is 0.366. The van der Waals surface area contributed by atoms with E-state index in [0.717, 1.165) is 17.1 Å². The molecule has 0 amide bonds. The normalized spacial score (nSPS) is 9.81. The van der Waals surface area contributed by atoms with Crippen molar-refractivity contribution in [2.45, 2.75) is 13.5 Å². The van der Waals surface area contributed by atoms with Crippen LogP contribution in [0.15, 0.2) is 41.7 Å². The summed E-state index contributed by atoms with van der Waals surface area (Å²) in [5.74, 6) is 0.927. The Hall–Kier alpha value is -2.19. The maximum absolute atomic E-state index is 10.0. The standard InChI is InChI=1S/C12H11N3O/c1-10-14-5-6-15(10)12-4-2-3-11(7-12)8-13-9-16/h2-7H,8H2,1H3. The number of carbonyl (C=O) groups excluding carboxylic acids is 1. The van der Waals surface area contributed by atoms with Gasteiger partial charge in [0.2, 0.25) is 6.08 Å². The van der Waals surface area contributed by atoms with Crippen LogP contribution >= 0.6 is 0 Å². The van der Waals surface area contributed by atoms with Crippen molar-refractivity contribution < 1.29 is 4.79 Å². The second-order valence-electron chi connectivity index (χ2n) is 3.42. The van der Waals surface area contributed by atoms with Crippen LogP contribution in [-0.2, 0) is 11.3 Å². The van der Waals surface area contributed by atoms with E-state index in [0.29, 0.717) is 6.54 Å². The Morgan fingerprint density at radius 1 is 1.50 bits per heavy atom. The Morgan fingerprint density at radius 2 is 2.38 bits per heavy atom. The van der Waals surface area contributed by atoms with Crippen molar-refractivity contribution in [2.24, 2.45) is 4.99 Å². The summed E-state index contributed by atoms with van der Waals surface area (Å²) in [6.07, 6.45) is 5.19. The van der Waals surface area contributed by atoms with Crippen molar-refractivity contribution in [2.75, 3.05) is 0 Å². The van der Waals surface area contributed by atoms with Crippen LogP contribution < -0.4 is 0 Å². The lowest BCUT2D eigenvalue weighted by Gasteiger charge is -2.05. The summed E-state index contributed by atoms with van der Waals surface area (Å²) < 4.78 is 1.98. The lowest BCUT2D eigenvalue weighted by Crippen LogP contribution is -1.96. The summed E-state index contributed by atoms with van der Waals surface area (Å²) in [6.45, 7) is 2.31. The van der Waals surface area contributed by atoms with Crippen molar-refractivity contribution >= 4 is 6.08 Å². The van der Waals surface area contributed by atoms with Crippen molar-refractivity contribution in [3.05, 3.63) is 48.0 Å². The summed E-state index contributed by atoms with van der Waals surface area (Å²) in [5, 5.41) is 0. The molecule has 0 atom stereocenters. The molecule has 1 heterocycles. The highest BCUT2D eigenvalue weighted by atomic mass is 16.1. The zero-order chi connectivity index (χ0) is 11.4. The molecule has 0 saturated heterocycles. The molecular formula is C12H11N3O. The summed E-state index contributed by atoms with van der Waals surface area (Å²) in [6, 6.07) is 7.83. The van der Waals surface area contributed by atoms with E-state index in [1.807, 2.05) is 42.0 Å². The van der Waals surface area contributed by atoms with Crippen LogP contribution in [0.5, 0.6) is 0 Å². The number of hydrogen-bond acceptors (Lipinski definition) is 3. The Kier molecular flexibility index (Phi) is 2.94. The van der Waals surface area contributed by atoms with Gasteiger partial charge >= 0.3 is 0 Å². The zero-order valence-corrected chi connectivity index (χ0v) is 8.92. The van der Waals surface area contributed by atoms with Gasteiger partial charge < -0.3 is 4.57 Å². The second kappa shape index (κ2) is 4.55. The lowest BCUT2D eigenvalue weighted by atomic mass is 10.2. The highest BCUT2D eigenvalue weighted by molar-refractivity contribution is 5.38. The zero-order valence-electron chi connectivity index (χ0n) is 8.92. The molecule has 16 heavy (non-hydrogen) atoms. The molecule has 0 bridgehead atoms. The molecule has 0 aliphatic carbocycles. The van der Waals surface area contributed by atoms with Gasteiger partial charge in [-0.1, -0.05) is 12.1 Å². The molecule has 1 aromatic heterocycles. The number of aryl methyl sites for hydroxylation is 1. The van der Waals surface area contributed by atoms with Crippen LogP contribution in [0.25, 0.3) is 5.69 Å². The molecule has 2 rings (SSSR count). The van der Waals surface area contributed by atoms with E-state index < -0.39 is 0 Å². The predicted molar refractivity (Wildman–Crippen MR) is 60.1 cm³/mol. The monoisotopic (exact) mass is 213 g/mol. The fraction of sp³-hybridized carbons (Fsp3) is 0.167. The van der Waals surface area contributed by atoms with Crippen LogP contribution in [0, 0.1) is 6.92 Å². The fourth-order valence-corrected chi connectivity index (χ4v) is 1.58. The van der Waals surface area contributed by atoms with E-state index in [2.05, 4.69) is 9.98 Å². The first kappa shape index (κ1) is 10.3. The summed E-state index contributed by atoms with van der Waals surface area (Å²) in [5.41, 5.74) is 2.00. The number of isocyanates is 1. The van der Waals surface area contributed by atoms with Gasteiger partial charge in [0.05, 0.1) is 6.54 Å². The van der Waals surface area contributed by atoms with Crippen LogP contribution in [0.1, 0.15) is 11.4 Å². The molecule has 0 aliphatic rings. The van der Waals surface area contributed by atoms with Crippen LogP contribution in [0.4, 0.5) is 0 Å². The second-order valence-corrected chi connectivity index (χ2v) is 3.42. The molecule has 0 spiro atoms. The molecule has 1 aromatic carbocycles. The minimum atomic E-state index is 0.366. The van der Waals surface area contributed by atoms with Crippen molar-refractivity contribution in [3.8, 4) is 5.69 Å². The minimum Gasteiger partial charge on any atom is -0.304 e. The molecule has 0 unspecified atom stereocenters. The number of hydrogen-bond donors (Lipinski definition) is 0. The van der Waals surface area contributed by atoms with Crippen molar-refractivity contribution in [3.63, 3.8) is 0 Å².